The molecule has 1 rings (SSSR count). The fourth-order valence-electron chi connectivity index (χ4n) is 4.33. The zero-order valence-electron chi connectivity index (χ0n) is 26.0. The van der Waals surface area contributed by atoms with E-state index in [-0.39, 0.29) is 42.3 Å². The molecule has 0 spiro atoms. The first-order valence-electron chi connectivity index (χ1n) is 14.6. The van der Waals surface area contributed by atoms with Crippen LogP contribution in [0, 0.1) is 0 Å². The summed E-state index contributed by atoms with van der Waals surface area (Å²) in [4.78, 5) is 21.1. The highest BCUT2D eigenvalue weighted by molar-refractivity contribution is 7.99. The van der Waals surface area contributed by atoms with Gasteiger partial charge in [-0.25, -0.2) is 0 Å². The second-order valence-corrected chi connectivity index (χ2v) is 15.2. The third kappa shape index (κ3) is 15.7. The summed E-state index contributed by atoms with van der Waals surface area (Å²) in [5.41, 5.74) is 4.43. The number of thioether (sulfide) groups is 2. The van der Waals surface area contributed by atoms with E-state index in [1.165, 1.54) is 16.7 Å². The zero-order chi connectivity index (χ0) is 30.2. The molecule has 0 atom stereocenters. The van der Waals surface area contributed by atoms with Crippen molar-refractivity contribution in [3.63, 3.8) is 0 Å². The Morgan fingerprint density at radius 2 is 1.00 bits per heavy atom. The van der Waals surface area contributed by atoms with Crippen LogP contribution in [-0.2, 0) is 35.3 Å². The molecule has 40 heavy (non-hydrogen) atoms. The number of rotatable bonds is 22. The smallest absolute Gasteiger partial charge is 0.305 e. The molecule has 0 aliphatic carbocycles. The van der Waals surface area contributed by atoms with Gasteiger partial charge in [0.2, 0.25) is 0 Å². The number of hydrogen-bond acceptors (Lipinski definition) is 6. The minimum absolute atomic E-state index is 0.0667. The third-order valence-corrected chi connectivity index (χ3v) is 9.27. The molecule has 0 radical (unpaired) electrons. The minimum atomic E-state index is -0.815. The van der Waals surface area contributed by atoms with Gasteiger partial charge >= 0.3 is 11.9 Å². The van der Waals surface area contributed by atoms with Gasteiger partial charge in [-0.2, -0.15) is 23.5 Å². The number of benzene rings is 1. The molecule has 0 unspecified atom stereocenters. The molecule has 0 bridgehead atoms. The van der Waals surface area contributed by atoms with Gasteiger partial charge in [0.05, 0.1) is 39.3 Å². The van der Waals surface area contributed by atoms with Gasteiger partial charge in [0, 0.05) is 11.5 Å². The first-order valence-corrected chi connectivity index (χ1v) is 16.9. The third-order valence-electron chi connectivity index (χ3n) is 7.21. The molecule has 8 heteroatoms. The van der Waals surface area contributed by atoms with E-state index in [9.17, 15) is 9.59 Å². The number of hydrogen-bond donors (Lipinski definition) is 2. The van der Waals surface area contributed by atoms with Crippen molar-refractivity contribution < 1.29 is 29.3 Å². The highest BCUT2D eigenvalue weighted by atomic mass is 32.2. The van der Waals surface area contributed by atoms with Crippen LogP contribution in [0.25, 0.3) is 0 Å². The summed E-state index contributed by atoms with van der Waals surface area (Å²) in [6.07, 6.45) is 4.61. The summed E-state index contributed by atoms with van der Waals surface area (Å²) in [6.45, 7) is 18.1. The average Bonchev–Trinajstić information content (AvgIpc) is 2.85. The Morgan fingerprint density at radius 3 is 1.35 bits per heavy atom. The predicted molar refractivity (Wildman–Crippen MR) is 170 cm³/mol. The minimum Gasteiger partial charge on any atom is -0.481 e. The maximum Gasteiger partial charge on any atom is 0.305 e. The summed E-state index contributed by atoms with van der Waals surface area (Å²) in [5.74, 6) is 2.31. The van der Waals surface area contributed by atoms with E-state index in [4.69, 9.17) is 19.7 Å². The molecule has 0 saturated carbocycles. The van der Waals surface area contributed by atoms with Gasteiger partial charge in [0.15, 0.2) is 0 Å². The van der Waals surface area contributed by atoms with Crippen molar-refractivity contribution in [2.75, 3.05) is 49.4 Å². The molecule has 6 nitrogen and oxygen atoms in total. The second-order valence-electron chi connectivity index (χ2n) is 12.8. The standard InChI is InChI=1S/C32H54O6S2/c1-30(2,3)25-22-26(31(4,5)12-8-18-39-20-16-37-14-10-28(33)34)24-27(23-25)32(6,7)13-9-19-40-21-17-38-15-11-29(35)36/h22-24H,8-21H2,1-7H3,(H,33,34)(H,35,36). The Balaban J connectivity index is 2.66. The summed E-state index contributed by atoms with van der Waals surface area (Å²) in [7, 11) is 0. The van der Waals surface area contributed by atoms with Crippen molar-refractivity contribution in [1.29, 1.82) is 0 Å². The SMILES string of the molecule is CC(C)(C)c1cc(C(C)(C)CCCSCCOCCC(=O)O)cc(C(C)(C)CCCSCCOCCC(=O)O)c1. The number of carboxylic acid groups (broad SMARTS) is 2. The van der Waals surface area contributed by atoms with Crippen LogP contribution in [0.1, 0.15) is 104 Å². The van der Waals surface area contributed by atoms with E-state index in [0.29, 0.717) is 13.2 Å². The molecule has 2 N–H and O–H groups in total. The van der Waals surface area contributed by atoms with Crippen molar-refractivity contribution in [3.05, 3.63) is 34.9 Å². The highest BCUT2D eigenvalue weighted by Crippen LogP contribution is 2.38. The largest absolute Gasteiger partial charge is 0.481 e. The number of carbonyl (C=O) groups is 2. The van der Waals surface area contributed by atoms with Gasteiger partial charge in [0.25, 0.3) is 0 Å². The van der Waals surface area contributed by atoms with Crippen LogP contribution in [0.3, 0.4) is 0 Å². The Morgan fingerprint density at radius 1 is 0.625 bits per heavy atom. The highest BCUT2D eigenvalue weighted by Gasteiger charge is 2.28. The Hall–Kier alpha value is -1.22. The zero-order valence-corrected chi connectivity index (χ0v) is 27.6. The van der Waals surface area contributed by atoms with Gasteiger partial charge in [0.1, 0.15) is 0 Å². The molecule has 230 valence electrons. The molecule has 0 aromatic heterocycles. The molecule has 0 aliphatic rings. The van der Waals surface area contributed by atoms with E-state index in [0.717, 1.165) is 48.7 Å². The maximum absolute atomic E-state index is 10.6. The number of ether oxygens (including phenoxy) is 2. The average molecular weight is 599 g/mol. The van der Waals surface area contributed by atoms with Crippen LogP contribution in [0.4, 0.5) is 0 Å². The summed E-state index contributed by atoms with van der Waals surface area (Å²) >= 11 is 3.75. The first-order chi connectivity index (χ1) is 18.6. The molecule has 1 aromatic carbocycles. The molecule has 0 heterocycles. The van der Waals surface area contributed by atoms with Crippen molar-refractivity contribution in [2.45, 2.75) is 103 Å². The van der Waals surface area contributed by atoms with E-state index in [1.807, 2.05) is 23.5 Å². The Kier molecular flexibility index (Phi) is 16.9. The lowest BCUT2D eigenvalue weighted by atomic mass is 9.72. The first kappa shape index (κ1) is 36.8. The maximum atomic E-state index is 10.6. The van der Waals surface area contributed by atoms with Crippen molar-refractivity contribution >= 4 is 35.5 Å². The van der Waals surface area contributed by atoms with Gasteiger partial charge in [-0.3, -0.25) is 9.59 Å². The van der Waals surface area contributed by atoms with Gasteiger partial charge in [-0.15, -0.1) is 0 Å². The molecule has 0 aliphatic heterocycles. The summed E-state index contributed by atoms with van der Waals surface area (Å²) < 4.78 is 10.8. The molecular weight excluding hydrogens is 544 g/mol. The second kappa shape index (κ2) is 18.3. The predicted octanol–water partition coefficient (Wildman–Crippen LogP) is 7.55. The fourth-order valence-corrected chi connectivity index (χ4v) is 5.90. The molecule has 0 saturated heterocycles. The number of aliphatic carboxylic acids is 2. The van der Waals surface area contributed by atoms with E-state index >= 15 is 0 Å². The Bertz CT molecular complexity index is 830. The Labute approximate surface area is 251 Å². The van der Waals surface area contributed by atoms with Crippen molar-refractivity contribution in [3.8, 4) is 0 Å². The molecular formula is C32H54O6S2. The fraction of sp³-hybridized carbons (Fsp3) is 0.750. The van der Waals surface area contributed by atoms with Crippen LogP contribution in [0.15, 0.2) is 18.2 Å². The lowest BCUT2D eigenvalue weighted by Gasteiger charge is -2.33. The lowest BCUT2D eigenvalue weighted by molar-refractivity contribution is -0.139. The van der Waals surface area contributed by atoms with Gasteiger partial charge < -0.3 is 19.7 Å². The van der Waals surface area contributed by atoms with E-state index < -0.39 is 11.9 Å². The van der Waals surface area contributed by atoms with Crippen molar-refractivity contribution in [1.82, 2.24) is 0 Å². The van der Waals surface area contributed by atoms with E-state index in [1.54, 1.807) is 0 Å². The van der Waals surface area contributed by atoms with Crippen LogP contribution in [0.2, 0.25) is 0 Å². The van der Waals surface area contributed by atoms with E-state index in [2.05, 4.69) is 66.7 Å². The summed E-state index contributed by atoms with van der Waals surface area (Å²) in [6, 6.07) is 7.29. The molecule has 1 aromatic rings. The summed E-state index contributed by atoms with van der Waals surface area (Å²) in [5, 5.41) is 17.4. The monoisotopic (exact) mass is 598 g/mol. The topological polar surface area (TPSA) is 93.1 Å². The normalized spacial score (nSPS) is 12.6. The van der Waals surface area contributed by atoms with Gasteiger partial charge in [-0.1, -0.05) is 66.7 Å². The van der Waals surface area contributed by atoms with Crippen LogP contribution >= 0.6 is 23.5 Å². The molecule has 0 amide bonds. The number of carboxylic acids is 2. The van der Waals surface area contributed by atoms with Crippen LogP contribution in [-0.4, -0.2) is 71.6 Å². The van der Waals surface area contributed by atoms with Crippen LogP contribution < -0.4 is 0 Å². The van der Waals surface area contributed by atoms with Crippen LogP contribution in [0.5, 0.6) is 0 Å². The molecule has 0 fully saturated rings. The van der Waals surface area contributed by atoms with Gasteiger partial charge in [-0.05, 0) is 70.1 Å². The van der Waals surface area contributed by atoms with Crippen molar-refractivity contribution in [2.24, 2.45) is 0 Å². The quantitative estimate of drug-likeness (QED) is 0.132. The lowest BCUT2D eigenvalue weighted by Crippen LogP contribution is -2.24.